The summed E-state index contributed by atoms with van der Waals surface area (Å²) in [4.78, 5) is 25.6. The summed E-state index contributed by atoms with van der Waals surface area (Å²) < 4.78 is 0. The summed E-state index contributed by atoms with van der Waals surface area (Å²) in [5, 5.41) is 8.35. The van der Waals surface area contributed by atoms with Crippen LogP contribution in [0.2, 0.25) is 0 Å². The van der Waals surface area contributed by atoms with Crippen molar-refractivity contribution in [2.24, 2.45) is 0 Å². The predicted octanol–water partition coefficient (Wildman–Crippen LogP) is 3.31. The smallest absolute Gasteiger partial charge is 0.261 e. The maximum absolute atomic E-state index is 12.1. The maximum Gasteiger partial charge on any atom is 0.261 e. The molecule has 1 heterocycles. The number of unbranched alkanes of at least 4 members (excludes halogenated alkanes) is 4. The Morgan fingerprint density at radius 1 is 1.00 bits per heavy atom. The van der Waals surface area contributed by atoms with Crippen LogP contribution >= 0.6 is 0 Å². The van der Waals surface area contributed by atoms with Crippen LogP contribution in [-0.2, 0) is 0 Å². The van der Waals surface area contributed by atoms with Gasteiger partial charge in [0.2, 0.25) is 0 Å². The lowest BCUT2D eigenvalue weighted by molar-refractivity contribution is 0.0651. The number of fused-ring (bicyclic) bond motifs is 1. The number of benzene rings is 1. The number of amides is 2. The van der Waals surface area contributed by atoms with Gasteiger partial charge in [-0.05, 0) is 31.4 Å². The summed E-state index contributed by atoms with van der Waals surface area (Å²) in [7, 11) is 0. The number of hydrogen-bond donors (Lipinski definition) is 0. The lowest BCUT2D eigenvalue weighted by Crippen LogP contribution is -2.30. The van der Waals surface area contributed by atoms with Crippen molar-refractivity contribution in [2.75, 3.05) is 6.54 Å². The molecule has 4 heteroatoms. The number of nitrogens with zero attached hydrogens (tertiary/aromatic N) is 2. The van der Waals surface area contributed by atoms with Gasteiger partial charge in [-0.3, -0.25) is 14.5 Å². The number of hydrogen-bond acceptors (Lipinski definition) is 3. The average Bonchev–Trinajstić information content (AvgIpc) is 2.75. The first kappa shape index (κ1) is 15.0. The first-order valence-electron chi connectivity index (χ1n) is 7.25. The molecule has 1 aliphatic rings. The van der Waals surface area contributed by atoms with Crippen molar-refractivity contribution in [1.82, 2.24) is 4.90 Å². The molecule has 1 aliphatic heterocycles. The quantitative estimate of drug-likeness (QED) is 0.438. The number of rotatable bonds is 7. The second kappa shape index (κ2) is 7.39. The van der Waals surface area contributed by atoms with E-state index in [0.29, 0.717) is 17.7 Å². The normalized spacial score (nSPS) is 13.8. The molecule has 2 amide bonds. The van der Waals surface area contributed by atoms with Crippen molar-refractivity contribution in [1.29, 1.82) is 5.26 Å². The minimum Gasteiger partial charge on any atom is -0.274 e. The van der Waals surface area contributed by atoms with Gasteiger partial charge in [0.15, 0.2) is 0 Å². The Kier molecular flexibility index (Phi) is 5.28. The van der Waals surface area contributed by atoms with Gasteiger partial charge >= 0.3 is 0 Å². The number of carbonyl (C=O) groups excluding carboxylic acids is 2. The molecule has 108 valence electrons. The molecule has 1 aromatic carbocycles. The lowest BCUT2D eigenvalue weighted by Gasteiger charge is -2.13. The van der Waals surface area contributed by atoms with Crippen molar-refractivity contribution < 1.29 is 9.59 Å². The predicted molar refractivity (Wildman–Crippen MR) is 79.6 cm³/mol. The van der Waals surface area contributed by atoms with Gasteiger partial charge in [0, 0.05) is 12.6 Å². The molecule has 1 aromatic rings. The van der Waals surface area contributed by atoms with Crippen LogP contribution in [0.4, 0.5) is 0 Å². The Labute approximate surface area is 124 Å². The number of imide groups is 1. The highest BCUT2D eigenvalue weighted by molar-refractivity contribution is 6.21. The van der Waals surface area contributed by atoms with Crippen LogP contribution in [0.3, 0.4) is 0 Å². The Morgan fingerprint density at radius 2 is 1.62 bits per heavy atom. The zero-order chi connectivity index (χ0) is 15.1. The summed E-state index contributed by atoms with van der Waals surface area (Å²) in [6.07, 6.45) is 8.14. The van der Waals surface area contributed by atoms with E-state index in [1.807, 2.05) is 12.1 Å². The van der Waals surface area contributed by atoms with Gasteiger partial charge in [0.25, 0.3) is 11.8 Å². The fraction of sp³-hybridized carbons (Fsp3) is 0.353. The highest BCUT2D eigenvalue weighted by Gasteiger charge is 2.34. The fourth-order valence-electron chi connectivity index (χ4n) is 2.46. The largest absolute Gasteiger partial charge is 0.274 e. The first-order valence-corrected chi connectivity index (χ1v) is 7.25. The number of carbonyl (C=O) groups is 2. The highest BCUT2D eigenvalue weighted by atomic mass is 16.2. The van der Waals surface area contributed by atoms with Crippen LogP contribution in [0.15, 0.2) is 36.4 Å². The Balaban J connectivity index is 1.73. The molecule has 0 saturated heterocycles. The molecule has 0 aromatic heterocycles. The number of allylic oxidation sites excluding steroid dienone is 2. The third kappa shape index (κ3) is 3.57. The molecule has 0 radical (unpaired) electrons. The minimum atomic E-state index is -0.174. The Hall–Kier alpha value is -2.41. The first-order chi connectivity index (χ1) is 10.3. The van der Waals surface area contributed by atoms with E-state index >= 15 is 0 Å². The Morgan fingerprint density at radius 3 is 2.24 bits per heavy atom. The van der Waals surface area contributed by atoms with Gasteiger partial charge in [-0.25, -0.2) is 0 Å². The third-order valence-electron chi connectivity index (χ3n) is 3.57. The fourth-order valence-corrected chi connectivity index (χ4v) is 2.46. The average molecular weight is 282 g/mol. The van der Waals surface area contributed by atoms with E-state index in [2.05, 4.69) is 0 Å². The number of nitriles is 1. The van der Waals surface area contributed by atoms with Crippen molar-refractivity contribution in [3.05, 3.63) is 47.5 Å². The second-order valence-electron chi connectivity index (χ2n) is 5.04. The van der Waals surface area contributed by atoms with Gasteiger partial charge in [0.05, 0.1) is 17.2 Å². The van der Waals surface area contributed by atoms with E-state index in [0.717, 1.165) is 32.1 Å². The van der Waals surface area contributed by atoms with Gasteiger partial charge in [-0.1, -0.05) is 31.1 Å². The molecular weight excluding hydrogens is 264 g/mol. The summed E-state index contributed by atoms with van der Waals surface area (Å²) in [6.45, 7) is 0.486. The molecule has 0 N–H and O–H groups in total. The highest BCUT2D eigenvalue weighted by Crippen LogP contribution is 2.22. The van der Waals surface area contributed by atoms with Crippen LogP contribution in [0.5, 0.6) is 0 Å². The summed E-state index contributed by atoms with van der Waals surface area (Å²) in [5.74, 6) is -0.347. The van der Waals surface area contributed by atoms with Crippen LogP contribution in [0.1, 0.15) is 52.8 Å². The van der Waals surface area contributed by atoms with E-state index in [1.54, 1.807) is 24.3 Å². The molecular formula is C17H18N2O2. The lowest BCUT2D eigenvalue weighted by atomic mass is 10.1. The van der Waals surface area contributed by atoms with Crippen molar-refractivity contribution in [3.63, 3.8) is 0 Å². The summed E-state index contributed by atoms with van der Waals surface area (Å²) >= 11 is 0. The topological polar surface area (TPSA) is 61.2 Å². The molecule has 0 unspecified atom stereocenters. The Bertz CT molecular complexity index is 564. The maximum atomic E-state index is 12.1. The molecule has 0 saturated carbocycles. The zero-order valence-corrected chi connectivity index (χ0v) is 11.9. The van der Waals surface area contributed by atoms with Gasteiger partial charge in [-0.15, -0.1) is 0 Å². The van der Waals surface area contributed by atoms with Crippen molar-refractivity contribution in [2.45, 2.75) is 32.1 Å². The van der Waals surface area contributed by atoms with Crippen molar-refractivity contribution >= 4 is 11.8 Å². The van der Waals surface area contributed by atoms with Crippen LogP contribution < -0.4 is 0 Å². The van der Waals surface area contributed by atoms with Crippen LogP contribution in [0, 0.1) is 11.3 Å². The minimum absolute atomic E-state index is 0.174. The van der Waals surface area contributed by atoms with Crippen LogP contribution in [0.25, 0.3) is 0 Å². The molecule has 0 fully saturated rings. The van der Waals surface area contributed by atoms with Gasteiger partial charge in [-0.2, -0.15) is 5.26 Å². The monoisotopic (exact) mass is 282 g/mol. The molecule has 0 spiro atoms. The molecule has 0 bridgehead atoms. The third-order valence-corrected chi connectivity index (χ3v) is 3.57. The van der Waals surface area contributed by atoms with Crippen LogP contribution in [-0.4, -0.2) is 23.3 Å². The summed E-state index contributed by atoms with van der Waals surface area (Å²) in [5.41, 5.74) is 1.04. The van der Waals surface area contributed by atoms with E-state index < -0.39 is 0 Å². The van der Waals surface area contributed by atoms with Crippen molar-refractivity contribution in [3.8, 4) is 6.07 Å². The van der Waals surface area contributed by atoms with E-state index in [4.69, 9.17) is 5.26 Å². The van der Waals surface area contributed by atoms with E-state index in [1.165, 1.54) is 11.0 Å². The van der Waals surface area contributed by atoms with E-state index in [-0.39, 0.29) is 11.8 Å². The molecule has 21 heavy (non-hydrogen) atoms. The molecule has 0 atom stereocenters. The standard InChI is InChI=1S/C17H18N2O2/c18-12-8-4-2-1-3-5-9-13-19-16(20)14-10-6-7-11-15(14)17(19)21/h4,6-8,10-11H,1-3,5,9,13H2/b8-4+. The molecule has 4 nitrogen and oxygen atoms in total. The summed E-state index contributed by atoms with van der Waals surface area (Å²) in [6, 6.07) is 8.93. The van der Waals surface area contributed by atoms with E-state index in [9.17, 15) is 9.59 Å². The molecule has 0 aliphatic carbocycles. The second-order valence-corrected chi connectivity index (χ2v) is 5.04. The zero-order valence-electron chi connectivity index (χ0n) is 11.9. The molecule has 2 rings (SSSR count). The van der Waals surface area contributed by atoms with Gasteiger partial charge < -0.3 is 0 Å². The SMILES string of the molecule is N#C/C=C/CCCCCCN1C(=O)c2ccccc2C1=O. The van der Waals surface area contributed by atoms with Gasteiger partial charge in [0.1, 0.15) is 0 Å².